The third kappa shape index (κ3) is 2.77. The lowest BCUT2D eigenvalue weighted by atomic mass is 10.3. The van der Waals surface area contributed by atoms with Gasteiger partial charge in [0.1, 0.15) is 0 Å². The van der Waals surface area contributed by atoms with Gasteiger partial charge in [-0.05, 0) is 12.1 Å². The van der Waals surface area contributed by atoms with E-state index in [0.29, 0.717) is 0 Å². The average Bonchev–Trinajstić information content (AvgIpc) is 2.92. The van der Waals surface area contributed by atoms with Gasteiger partial charge in [-0.25, -0.2) is 5.01 Å². The van der Waals surface area contributed by atoms with Crippen LogP contribution in [0.5, 0.6) is 0 Å². The highest BCUT2D eigenvalue weighted by Gasteiger charge is 2.24. The van der Waals surface area contributed by atoms with Crippen LogP contribution in [-0.4, -0.2) is 53.5 Å². The zero-order valence-corrected chi connectivity index (χ0v) is 12.0. The second-order valence-corrected chi connectivity index (χ2v) is 4.85. The Morgan fingerprint density at radius 3 is 2.55 bits per heavy atom. The van der Waals surface area contributed by atoms with Gasteiger partial charge in [-0.2, -0.15) is 5.12 Å². The lowest BCUT2D eigenvalue weighted by Gasteiger charge is -2.37. The molecule has 2 heterocycles. The van der Waals surface area contributed by atoms with Crippen molar-refractivity contribution in [2.45, 2.75) is 0 Å². The first kappa shape index (κ1) is 13.4. The van der Waals surface area contributed by atoms with Gasteiger partial charge in [0.05, 0.1) is 25.6 Å². The lowest BCUT2D eigenvalue weighted by Crippen LogP contribution is -2.50. The van der Waals surface area contributed by atoms with Gasteiger partial charge in [0, 0.05) is 25.5 Å². The number of hydrogen-bond donors (Lipinski definition) is 0. The quantitative estimate of drug-likeness (QED) is 0.779. The summed E-state index contributed by atoms with van der Waals surface area (Å²) in [6.45, 7) is 4.26. The van der Waals surface area contributed by atoms with Gasteiger partial charge in [0.2, 0.25) is 0 Å². The van der Waals surface area contributed by atoms with E-state index in [0.717, 1.165) is 38.7 Å². The molecule has 6 heteroatoms. The Bertz CT molecular complexity index is 475. The summed E-state index contributed by atoms with van der Waals surface area (Å²) in [5, 5.41) is 5.85. The molecular formula is C14H17N4OS. The number of benzene rings is 1. The first-order chi connectivity index (χ1) is 9.88. The molecule has 105 valence electrons. The number of anilines is 1. The second kappa shape index (κ2) is 6.21. The number of hydrazine groups is 2. The number of morpholine rings is 1. The molecule has 0 amide bonds. The summed E-state index contributed by atoms with van der Waals surface area (Å²) in [4.78, 5) is 2.34. The molecule has 0 aromatic heterocycles. The van der Waals surface area contributed by atoms with E-state index >= 15 is 0 Å². The van der Waals surface area contributed by atoms with Crippen molar-refractivity contribution in [3.63, 3.8) is 0 Å². The van der Waals surface area contributed by atoms with Crippen LogP contribution in [0.25, 0.3) is 0 Å². The molecule has 1 fully saturated rings. The van der Waals surface area contributed by atoms with E-state index in [1.165, 1.54) is 0 Å². The van der Waals surface area contributed by atoms with Gasteiger partial charge in [0.25, 0.3) is 0 Å². The van der Waals surface area contributed by atoms with Crippen LogP contribution in [0.4, 0.5) is 5.69 Å². The Hall–Kier alpha value is -1.63. The highest BCUT2D eigenvalue weighted by atomic mass is 32.1. The SMILES string of the molecule is S=[C]N1N(CN2CCOCC2)C=CN1c1ccccc1. The van der Waals surface area contributed by atoms with Crippen LogP contribution in [0.1, 0.15) is 0 Å². The molecule has 3 rings (SSSR count). The summed E-state index contributed by atoms with van der Waals surface area (Å²) in [6.07, 6.45) is 4.01. The Morgan fingerprint density at radius 2 is 1.85 bits per heavy atom. The average molecular weight is 289 g/mol. The number of para-hydroxylation sites is 1. The van der Waals surface area contributed by atoms with E-state index in [-0.39, 0.29) is 0 Å². The predicted molar refractivity (Wildman–Crippen MR) is 81.6 cm³/mol. The second-order valence-electron chi connectivity index (χ2n) is 4.67. The van der Waals surface area contributed by atoms with Crippen LogP contribution in [0.3, 0.4) is 0 Å². The maximum Gasteiger partial charge on any atom is 0.183 e. The summed E-state index contributed by atoms with van der Waals surface area (Å²) in [5.74, 6) is 0. The molecular weight excluding hydrogens is 272 g/mol. The molecule has 0 spiro atoms. The van der Waals surface area contributed by atoms with E-state index in [9.17, 15) is 0 Å². The number of ether oxygens (including phenoxy) is 1. The fraction of sp³-hybridized carbons (Fsp3) is 0.357. The molecule has 2 aliphatic rings. The minimum atomic E-state index is 0.785. The molecule has 0 saturated carbocycles. The Kier molecular flexibility index (Phi) is 4.15. The monoisotopic (exact) mass is 289 g/mol. The van der Waals surface area contributed by atoms with Crippen LogP contribution in [0.2, 0.25) is 0 Å². The molecule has 5 nitrogen and oxygen atoms in total. The van der Waals surface area contributed by atoms with Crippen molar-refractivity contribution in [2.75, 3.05) is 38.0 Å². The van der Waals surface area contributed by atoms with Gasteiger partial charge in [0.15, 0.2) is 5.49 Å². The lowest BCUT2D eigenvalue weighted by molar-refractivity contribution is -0.0121. The van der Waals surface area contributed by atoms with Crippen LogP contribution in [0.15, 0.2) is 42.7 Å². The van der Waals surface area contributed by atoms with Crippen LogP contribution >= 0.6 is 12.2 Å². The molecule has 1 aromatic carbocycles. The van der Waals surface area contributed by atoms with Gasteiger partial charge in [-0.3, -0.25) is 9.91 Å². The molecule has 1 saturated heterocycles. The molecule has 2 aliphatic heterocycles. The van der Waals surface area contributed by atoms with Crippen molar-refractivity contribution in [1.29, 1.82) is 0 Å². The number of nitrogens with zero attached hydrogens (tertiary/aromatic N) is 4. The number of rotatable bonds is 4. The predicted octanol–water partition coefficient (Wildman–Crippen LogP) is 1.54. The van der Waals surface area contributed by atoms with Crippen molar-refractivity contribution in [3.8, 4) is 0 Å². The van der Waals surface area contributed by atoms with Gasteiger partial charge in [-0.15, -0.1) is 0 Å². The van der Waals surface area contributed by atoms with E-state index in [2.05, 4.69) is 10.4 Å². The van der Waals surface area contributed by atoms with Crippen molar-refractivity contribution in [2.24, 2.45) is 0 Å². The fourth-order valence-electron chi connectivity index (χ4n) is 2.32. The van der Waals surface area contributed by atoms with Crippen LogP contribution in [0, 0.1) is 0 Å². The van der Waals surface area contributed by atoms with Crippen molar-refractivity contribution < 1.29 is 4.74 Å². The molecule has 1 aromatic rings. The zero-order chi connectivity index (χ0) is 13.8. The summed E-state index contributed by atoms with van der Waals surface area (Å²) < 4.78 is 5.37. The van der Waals surface area contributed by atoms with Crippen molar-refractivity contribution in [1.82, 2.24) is 15.0 Å². The Morgan fingerprint density at radius 1 is 1.10 bits per heavy atom. The first-order valence-electron chi connectivity index (χ1n) is 6.65. The van der Waals surface area contributed by atoms with Crippen LogP contribution in [-0.2, 0) is 4.74 Å². The molecule has 0 N–H and O–H groups in total. The molecule has 0 aliphatic carbocycles. The van der Waals surface area contributed by atoms with E-state index < -0.39 is 0 Å². The van der Waals surface area contributed by atoms with Crippen LogP contribution < -0.4 is 5.01 Å². The molecule has 0 atom stereocenters. The minimum Gasteiger partial charge on any atom is -0.379 e. The maximum atomic E-state index is 5.37. The summed E-state index contributed by atoms with van der Waals surface area (Å²) in [5.41, 5.74) is 3.86. The van der Waals surface area contributed by atoms with Gasteiger partial charge < -0.3 is 4.74 Å². The number of thiocarbonyl (C=S) groups is 1. The largest absolute Gasteiger partial charge is 0.379 e. The highest BCUT2D eigenvalue weighted by molar-refractivity contribution is 7.78. The fourth-order valence-corrected chi connectivity index (χ4v) is 2.51. The summed E-state index contributed by atoms with van der Waals surface area (Å²) in [6, 6.07) is 10.1. The summed E-state index contributed by atoms with van der Waals surface area (Å²) >= 11 is 5.04. The normalized spacial score (nSPS) is 19.7. The molecule has 0 unspecified atom stereocenters. The molecule has 20 heavy (non-hydrogen) atoms. The van der Waals surface area contributed by atoms with Crippen molar-refractivity contribution >= 4 is 23.4 Å². The topological polar surface area (TPSA) is 22.2 Å². The standard InChI is InChI=1S/C14H17N4OS/c20-13-18-16(12-15-8-10-19-11-9-15)6-7-17(18)14-4-2-1-3-5-14/h1-7H,8-12H2. The van der Waals surface area contributed by atoms with E-state index in [1.54, 1.807) is 0 Å². The van der Waals surface area contributed by atoms with E-state index in [1.807, 2.05) is 57.9 Å². The molecule has 1 radical (unpaired) electrons. The first-order valence-corrected chi connectivity index (χ1v) is 7.06. The van der Waals surface area contributed by atoms with Gasteiger partial charge >= 0.3 is 0 Å². The third-order valence-corrected chi connectivity index (χ3v) is 3.54. The van der Waals surface area contributed by atoms with Gasteiger partial charge in [-0.1, -0.05) is 30.4 Å². The molecule has 0 bridgehead atoms. The minimum absolute atomic E-state index is 0.785. The highest BCUT2D eigenvalue weighted by Crippen LogP contribution is 2.22. The number of hydrogen-bond acceptors (Lipinski definition) is 5. The van der Waals surface area contributed by atoms with E-state index in [4.69, 9.17) is 17.0 Å². The Balaban J connectivity index is 1.68. The zero-order valence-electron chi connectivity index (χ0n) is 11.2. The van der Waals surface area contributed by atoms with Crippen molar-refractivity contribution in [3.05, 3.63) is 42.7 Å². The summed E-state index contributed by atoms with van der Waals surface area (Å²) in [7, 11) is 0. The smallest absolute Gasteiger partial charge is 0.183 e. The third-order valence-electron chi connectivity index (χ3n) is 3.38. The Labute approximate surface area is 124 Å². The maximum absolute atomic E-state index is 5.37.